The maximum atomic E-state index is 13.7. The van der Waals surface area contributed by atoms with E-state index < -0.39 is 11.7 Å². The highest BCUT2D eigenvalue weighted by Gasteiger charge is 2.21. The van der Waals surface area contributed by atoms with Gasteiger partial charge in [0.1, 0.15) is 29.3 Å². The molecule has 2 heterocycles. The minimum absolute atomic E-state index is 0.119. The average molecular weight is 553 g/mol. The zero-order valence-electron chi connectivity index (χ0n) is 24.7. The van der Waals surface area contributed by atoms with E-state index in [9.17, 15) is 9.18 Å². The molecule has 2 aromatic heterocycles. The van der Waals surface area contributed by atoms with Gasteiger partial charge in [-0.3, -0.25) is 4.79 Å². The van der Waals surface area contributed by atoms with Gasteiger partial charge in [0.15, 0.2) is 5.83 Å². The van der Waals surface area contributed by atoms with Crippen LogP contribution in [0, 0.1) is 0 Å². The first-order chi connectivity index (χ1) is 19.4. The fourth-order valence-electron chi connectivity index (χ4n) is 4.54. The number of likely N-dealkylation sites (N-methyl/N-ethyl adjacent to an activating group) is 2. The number of ether oxygens (including phenoxy) is 1. The smallest absolute Gasteiger partial charge is 0.283 e. The molecule has 9 nitrogen and oxygen atoms in total. The van der Waals surface area contributed by atoms with Gasteiger partial charge in [-0.05, 0) is 37.5 Å². The second kappa shape index (κ2) is 12.1. The van der Waals surface area contributed by atoms with E-state index in [0.717, 1.165) is 28.7 Å². The molecule has 2 N–H and O–H groups in total. The molecule has 0 aliphatic heterocycles. The molecule has 0 radical (unpaired) electrons. The van der Waals surface area contributed by atoms with Gasteiger partial charge in [-0.1, -0.05) is 24.8 Å². The van der Waals surface area contributed by atoms with E-state index in [1.807, 2.05) is 44.2 Å². The van der Waals surface area contributed by atoms with Gasteiger partial charge in [0.05, 0.1) is 29.9 Å². The van der Waals surface area contributed by atoms with Crippen LogP contribution < -0.4 is 20.3 Å². The molecule has 0 fully saturated rings. The van der Waals surface area contributed by atoms with Crippen molar-refractivity contribution in [2.75, 3.05) is 56.9 Å². The molecule has 41 heavy (non-hydrogen) atoms. The van der Waals surface area contributed by atoms with Crippen LogP contribution in [0.15, 0.2) is 67.3 Å². The van der Waals surface area contributed by atoms with Crippen molar-refractivity contribution in [3.63, 3.8) is 0 Å². The van der Waals surface area contributed by atoms with Gasteiger partial charge < -0.3 is 29.7 Å². The first-order valence-corrected chi connectivity index (χ1v) is 13.3. The summed E-state index contributed by atoms with van der Waals surface area (Å²) in [6, 6.07) is 13.6. The third-order valence-corrected chi connectivity index (χ3v) is 6.72. The standard InChI is InChI=1S/C28H35B3FN7O2/c1-17(32)26(40)34-21-14-22(25(41-5)15-24(21)38(4)13-12-37(2)3)36-27-33-11-10-20(35-27)19-16-39(28(29,30)31)23-9-7-6-8-18(19)23/h6-11,14-16H,1,12-13,29-31H2,2-5H3,(H,34,40)(H,33,35,36). The molecule has 13 heteroatoms. The highest BCUT2D eigenvalue weighted by Crippen LogP contribution is 2.38. The first kappa shape index (κ1) is 29.7. The van der Waals surface area contributed by atoms with Crippen LogP contribution in [0.25, 0.3) is 22.2 Å². The number of fused-ring (bicyclic) bond motifs is 1. The summed E-state index contributed by atoms with van der Waals surface area (Å²) < 4.78 is 21.6. The molecule has 1 amide bonds. The summed E-state index contributed by atoms with van der Waals surface area (Å²) >= 11 is 0. The van der Waals surface area contributed by atoms with Crippen molar-refractivity contribution in [2.45, 2.75) is 5.24 Å². The van der Waals surface area contributed by atoms with Gasteiger partial charge in [-0.2, -0.15) is 0 Å². The van der Waals surface area contributed by atoms with Crippen molar-refractivity contribution in [1.29, 1.82) is 0 Å². The summed E-state index contributed by atoms with van der Waals surface area (Å²) in [5.41, 5.74) is 4.42. The maximum Gasteiger partial charge on any atom is 0.283 e. The molecule has 210 valence electrons. The Morgan fingerprint density at radius 2 is 1.85 bits per heavy atom. The fourth-order valence-corrected chi connectivity index (χ4v) is 4.54. The second-order valence-electron chi connectivity index (χ2n) is 11.1. The number of carbonyl (C=O) groups excluding carboxylic acids is 1. The molecule has 2 aromatic carbocycles. The van der Waals surface area contributed by atoms with Gasteiger partial charge in [0.2, 0.25) is 5.95 Å². The SMILES string of the molecule is BC(B)(B)n1cc(-c2ccnc(Nc3cc(NC(=O)C(=C)F)c(N(C)CCN(C)C)cc3OC)n2)c2ccccc21. The Kier molecular flexibility index (Phi) is 8.77. The molecule has 0 bridgehead atoms. The predicted molar refractivity (Wildman–Crippen MR) is 174 cm³/mol. The molecule has 0 spiro atoms. The van der Waals surface area contributed by atoms with Crippen molar-refractivity contribution < 1.29 is 13.9 Å². The van der Waals surface area contributed by atoms with Crippen molar-refractivity contribution in [3.8, 4) is 17.0 Å². The lowest BCUT2D eigenvalue weighted by atomic mass is 9.49. The summed E-state index contributed by atoms with van der Waals surface area (Å²) in [5, 5.41) is 6.82. The molecule has 0 aliphatic rings. The van der Waals surface area contributed by atoms with Crippen molar-refractivity contribution in [3.05, 3.63) is 67.3 Å². The molecule has 0 aliphatic carbocycles. The molecule has 0 saturated carbocycles. The number of halogens is 1. The summed E-state index contributed by atoms with van der Waals surface area (Å²) in [6.07, 6.45) is 3.81. The topological polar surface area (TPSA) is 87.6 Å². The van der Waals surface area contributed by atoms with E-state index in [1.165, 1.54) is 0 Å². The van der Waals surface area contributed by atoms with Crippen LogP contribution in [0.4, 0.5) is 27.4 Å². The Balaban J connectivity index is 1.74. The summed E-state index contributed by atoms with van der Waals surface area (Å²) in [5.74, 6) is -1.15. The number of para-hydroxylation sites is 1. The van der Waals surface area contributed by atoms with E-state index >= 15 is 0 Å². The van der Waals surface area contributed by atoms with Crippen molar-refractivity contribution >= 4 is 63.4 Å². The second-order valence-corrected chi connectivity index (χ2v) is 11.1. The zero-order chi connectivity index (χ0) is 29.9. The molecule has 0 atom stereocenters. The average Bonchev–Trinajstić information content (AvgIpc) is 3.32. The maximum absolute atomic E-state index is 13.7. The molecule has 0 saturated heterocycles. The Morgan fingerprint density at radius 1 is 1.12 bits per heavy atom. The third kappa shape index (κ3) is 6.74. The lowest BCUT2D eigenvalue weighted by Gasteiger charge is -2.26. The highest BCUT2D eigenvalue weighted by molar-refractivity contribution is 6.57. The largest absolute Gasteiger partial charge is 0.494 e. The summed E-state index contributed by atoms with van der Waals surface area (Å²) in [4.78, 5) is 25.5. The molecule has 4 aromatic rings. The van der Waals surface area contributed by atoms with Gasteiger partial charge in [-0.25, -0.2) is 14.4 Å². The molecular formula is C28H35B3FN7O2. The normalized spacial score (nSPS) is 11.5. The first-order valence-electron chi connectivity index (χ1n) is 13.3. The zero-order valence-corrected chi connectivity index (χ0v) is 24.7. The lowest BCUT2D eigenvalue weighted by molar-refractivity contribution is -0.114. The monoisotopic (exact) mass is 553 g/mol. The van der Waals surface area contributed by atoms with Crippen LogP contribution in [0.5, 0.6) is 5.75 Å². The van der Waals surface area contributed by atoms with Crippen LogP contribution in [0.3, 0.4) is 0 Å². The Bertz CT molecular complexity index is 1590. The van der Waals surface area contributed by atoms with Crippen LogP contribution in [-0.2, 0) is 10.0 Å². The van der Waals surface area contributed by atoms with Crippen LogP contribution in [-0.4, -0.2) is 90.2 Å². The molecule has 4 rings (SSSR count). The number of carbonyl (C=O) groups is 1. The third-order valence-electron chi connectivity index (χ3n) is 6.72. The number of hydrogen-bond donors (Lipinski definition) is 2. The summed E-state index contributed by atoms with van der Waals surface area (Å²) in [7, 11) is 13.9. The fraction of sp³-hybridized carbons (Fsp3) is 0.250. The van der Waals surface area contributed by atoms with E-state index in [0.29, 0.717) is 35.3 Å². The number of benzene rings is 2. The number of hydrogen-bond acceptors (Lipinski definition) is 7. The van der Waals surface area contributed by atoms with Crippen molar-refractivity contribution in [1.82, 2.24) is 19.4 Å². The number of rotatable bonds is 11. The minimum Gasteiger partial charge on any atom is -0.494 e. The Hall–Kier alpha value is -4.25. The number of aromatic nitrogens is 3. The number of methoxy groups -OCH3 is 1. The predicted octanol–water partition coefficient (Wildman–Crippen LogP) is 1.74. The molecule has 0 unspecified atom stereocenters. The Labute approximate surface area is 243 Å². The van der Waals surface area contributed by atoms with E-state index in [4.69, 9.17) is 9.72 Å². The number of nitrogens with one attached hydrogen (secondary N) is 2. The summed E-state index contributed by atoms with van der Waals surface area (Å²) in [6.45, 7) is 4.56. The minimum atomic E-state index is -1.08. The van der Waals surface area contributed by atoms with Crippen molar-refractivity contribution in [2.24, 2.45) is 0 Å². The van der Waals surface area contributed by atoms with Gasteiger partial charge in [-0.15, -0.1) is 0 Å². The number of amides is 1. The number of anilines is 4. The van der Waals surface area contributed by atoms with Gasteiger partial charge in [0, 0.05) is 55.1 Å². The van der Waals surface area contributed by atoms with Gasteiger partial charge in [0.25, 0.3) is 5.91 Å². The van der Waals surface area contributed by atoms with Gasteiger partial charge >= 0.3 is 0 Å². The van der Waals surface area contributed by atoms with E-state index in [-0.39, 0.29) is 5.24 Å². The number of nitrogens with zero attached hydrogens (tertiary/aromatic N) is 5. The Morgan fingerprint density at radius 3 is 2.51 bits per heavy atom. The quantitative estimate of drug-likeness (QED) is 0.216. The van der Waals surface area contributed by atoms with E-state index in [1.54, 1.807) is 25.4 Å². The van der Waals surface area contributed by atoms with Crippen LogP contribution >= 0.6 is 0 Å². The van der Waals surface area contributed by atoms with E-state index in [2.05, 4.69) is 73.5 Å². The van der Waals surface area contributed by atoms with Crippen LogP contribution in [0.2, 0.25) is 0 Å². The highest BCUT2D eigenvalue weighted by atomic mass is 19.1. The lowest BCUT2D eigenvalue weighted by Crippen LogP contribution is -2.34. The van der Waals surface area contributed by atoms with Crippen LogP contribution in [0.1, 0.15) is 0 Å². The molecular weight excluding hydrogens is 518 g/mol.